The molecule has 2 unspecified atom stereocenters. The fourth-order valence-corrected chi connectivity index (χ4v) is 2.69. The summed E-state index contributed by atoms with van der Waals surface area (Å²) in [5, 5.41) is 13.2. The highest BCUT2D eigenvalue weighted by Crippen LogP contribution is 2.42. The van der Waals surface area contributed by atoms with Crippen molar-refractivity contribution in [2.75, 3.05) is 11.9 Å². The van der Waals surface area contributed by atoms with Crippen molar-refractivity contribution in [1.29, 1.82) is 0 Å². The minimum absolute atomic E-state index is 0.393. The monoisotopic (exact) mass is 213 g/mol. The zero-order valence-electron chi connectivity index (χ0n) is 9.27. The molecule has 3 rings (SSSR count). The molecule has 0 fully saturated rings. The second-order valence-electron chi connectivity index (χ2n) is 4.51. The molecule has 0 radical (unpaired) electrons. The zero-order valence-corrected chi connectivity index (χ0v) is 9.27. The van der Waals surface area contributed by atoms with Crippen LogP contribution in [0.5, 0.6) is 5.75 Å². The summed E-state index contributed by atoms with van der Waals surface area (Å²) in [6.45, 7) is 2.97. The van der Waals surface area contributed by atoms with Crippen LogP contribution in [0.1, 0.15) is 17.0 Å². The Morgan fingerprint density at radius 2 is 2.06 bits per heavy atom. The highest BCUT2D eigenvalue weighted by molar-refractivity contribution is 5.63. The molecular formula is C14H15NO. The van der Waals surface area contributed by atoms with Gasteiger partial charge in [0.1, 0.15) is 5.75 Å². The van der Waals surface area contributed by atoms with Crippen molar-refractivity contribution < 1.29 is 5.11 Å². The van der Waals surface area contributed by atoms with Crippen LogP contribution in [0.3, 0.4) is 0 Å². The first-order valence-electron chi connectivity index (χ1n) is 5.68. The average molecular weight is 213 g/mol. The summed E-state index contributed by atoms with van der Waals surface area (Å²) in [4.78, 5) is 0. The van der Waals surface area contributed by atoms with Crippen LogP contribution < -0.4 is 5.32 Å². The maximum absolute atomic E-state index is 9.80. The van der Waals surface area contributed by atoms with Crippen LogP contribution in [0.4, 0.5) is 5.69 Å². The lowest BCUT2D eigenvalue weighted by atomic mass is 9.78. The van der Waals surface area contributed by atoms with E-state index in [2.05, 4.69) is 29.6 Å². The minimum Gasteiger partial charge on any atom is -0.508 e. The number of fused-ring (bicyclic) bond motifs is 3. The van der Waals surface area contributed by atoms with Crippen LogP contribution in [0.2, 0.25) is 0 Å². The predicted molar refractivity (Wildman–Crippen MR) is 65.8 cm³/mol. The Kier molecular flexibility index (Phi) is 2.03. The molecule has 2 atom stereocenters. The summed E-state index contributed by atoms with van der Waals surface area (Å²) in [5.74, 6) is 1.32. The molecule has 2 N–H and O–H groups in total. The van der Waals surface area contributed by atoms with E-state index < -0.39 is 0 Å². The van der Waals surface area contributed by atoms with Gasteiger partial charge in [0.05, 0.1) is 0 Å². The van der Waals surface area contributed by atoms with Gasteiger partial charge in [-0.3, -0.25) is 0 Å². The number of nitrogens with one attached hydrogen (secondary N) is 1. The number of hydrogen-bond donors (Lipinski definition) is 2. The second-order valence-corrected chi connectivity index (χ2v) is 4.51. The summed E-state index contributed by atoms with van der Waals surface area (Å²) >= 11 is 0. The van der Waals surface area contributed by atoms with Gasteiger partial charge in [0.25, 0.3) is 0 Å². The molecular weight excluding hydrogens is 198 g/mol. The van der Waals surface area contributed by atoms with E-state index in [1.54, 1.807) is 6.07 Å². The van der Waals surface area contributed by atoms with Crippen LogP contribution in [0.15, 0.2) is 36.4 Å². The van der Waals surface area contributed by atoms with Crippen LogP contribution in [0, 0.1) is 12.8 Å². The summed E-state index contributed by atoms with van der Waals surface area (Å²) < 4.78 is 0. The van der Waals surface area contributed by atoms with Crippen molar-refractivity contribution in [3.8, 4) is 5.75 Å². The van der Waals surface area contributed by atoms with Crippen molar-refractivity contribution in [2.24, 2.45) is 5.92 Å². The second kappa shape index (κ2) is 3.41. The van der Waals surface area contributed by atoms with Crippen LogP contribution in [-0.4, -0.2) is 11.7 Å². The quantitative estimate of drug-likeness (QED) is 0.649. The Labute approximate surface area is 95.3 Å². The van der Waals surface area contributed by atoms with E-state index in [1.807, 2.05) is 13.0 Å². The third-order valence-corrected chi connectivity index (χ3v) is 3.60. The minimum atomic E-state index is 0.393. The van der Waals surface area contributed by atoms with Gasteiger partial charge in [-0.25, -0.2) is 0 Å². The molecule has 0 aromatic heterocycles. The molecule has 0 amide bonds. The fourth-order valence-electron chi connectivity index (χ4n) is 2.69. The van der Waals surface area contributed by atoms with Crippen LogP contribution in [0.25, 0.3) is 0 Å². The van der Waals surface area contributed by atoms with Gasteiger partial charge in [0.2, 0.25) is 0 Å². The van der Waals surface area contributed by atoms with Gasteiger partial charge in [0.15, 0.2) is 0 Å². The molecule has 82 valence electrons. The van der Waals surface area contributed by atoms with Crippen molar-refractivity contribution in [2.45, 2.75) is 12.8 Å². The van der Waals surface area contributed by atoms with E-state index in [0.717, 1.165) is 17.8 Å². The zero-order chi connectivity index (χ0) is 11.1. The van der Waals surface area contributed by atoms with Gasteiger partial charge in [-0.1, -0.05) is 24.3 Å². The Morgan fingerprint density at radius 1 is 1.25 bits per heavy atom. The molecule has 16 heavy (non-hydrogen) atoms. The fraction of sp³-hybridized carbons (Fsp3) is 0.286. The Hall–Kier alpha value is -1.70. The Bertz CT molecular complexity index is 488. The molecule has 1 heterocycles. The molecule has 0 saturated carbocycles. The first-order valence-corrected chi connectivity index (χ1v) is 5.68. The lowest BCUT2D eigenvalue weighted by Gasteiger charge is -2.33. The summed E-state index contributed by atoms with van der Waals surface area (Å²) in [5.41, 5.74) is 3.41. The van der Waals surface area contributed by atoms with E-state index in [1.165, 1.54) is 5.56 Å². The first kappa shape index (κ1) is 9.52. The Morgan fingerprint density at radius 3 is 2.94 bits per heavy atom. The number of phenols is 1. The average Bonchev–Trinajstić information content (AvgIpc) is 2.33. The van der Waals surface area contributed by atoms with Crippen molar-refractivity contribution in [3.05, 3.63) is 47.6 Å². The standard InChI is InChI=1S/C14H15NO/c1-9-13(16)7-6-12-14(9)11-5-3-2-4-10(11)8-15-12/h2-7,10-11,15-16H,8H2,1H3. The number of aromatic hydroxyl groups is 1. The molecule has 0 bridgehead atoms. The highest BCUT2D eigenvalue weighted by Gasteiger charge is 2.29. The molecule has 2 aliphatic rings. The molecule has 0 spiro atoms. The molecule has 1 aromatic carbocycles. The number of hydrogen-bond acceptors (Lipinski definition) is 2. The van der Waals surface area contributed by atoms with Crippen LogP contribution >= 0.6 is 0 Å². The van der Waals surface area contributed by atoms with E-state index in [0.29, 0.717) is 17.6 Å². The normalized spacial score (nSPS) is 25.8. The van der Waals surface area contributed by atoms with Gasteiger partial charge in [0, 0.05) is 24.1 Å². The summed E-state index contributed by atoms with van der Waals surface area (Å²) in [6, 6.07) is 3.74. The van der Waals surface area contributed by atoms with Crippen LogP contribution in [-0.2, 0) is 0 Å². The highest BCUT2D eigenvalue weighted by atomic mass is 16.3. The topological polar surface area (TPSA) is 32.3 Å². The molecule has 0 saturated heterocycles. The molecule has 1 aromatic rings. The van der Waals surface area contributed by atoms with Crippen molar-refractivity contribution in [3.63, 3.8) is 0 Å². The smallest absolute Gasteiger partial charge is 0.118 e. The van der Waals surface area contributed by atoms with Gasteiger partial charge < -0.3 is 10.4 Å². The number of allylic oxidation sites excluding steroid dienone is 3. The first-order chi connectivity index (χ1) is 7.77. The van der Waals surface area contributed by atoms with E-state index in [9.17, 15) is 5.11 Å². The number of benzene rings is 1. The van der Waals surface area contributed by atoms with Crippen molar-refractivity contribution in [1.82, 2.24) is 0 Å². The predicted octanol–water partition coefficient (Wildman–Crippen LogP) is 2.95. The number of rotatable bonds is 0. The summed E-state index contributed by atoms with van der Waals surface area (Å²) in [7, 11) is 0. The van der Waals surface area contributed by atoms with E-state index in [4.69, 9.17) is 0 Å². The molecule has 1 aliphatic heterocycles. The third kappa shape index (κ3) is 1.26. The van der Waals surface area contributed by atoms with E-state index in [-0.39, 0.29) is 0 Å². The Balaban J connectivity index is 2.17. The van der Waals surface area contributed by atoms with Crippen molar-refractivity contribution >= 4 is 5.69 Å². The maximum Gasteiger partial charge on any atom is 0.118 e. The van der Waals surface area contributed by atoms with Gasteiger partial charge in [-0.15, -0.1) is 0 Å². The number of anilines is 1. The molecule has 2 nitrogen and oxygen atoms in total. The third-order valence-electron chi connectivity index (χ3n) is 3.60. The number of phenolic OH excluding ortho intramolecular Hbond substituents is 1. The van der Waals surface area contributed by atoms with E-state index >= 15 is 0 Å². The maximum atomic E-state index is 9.80. The lowest BCUT2D eigenvalue weighted by Crippen LogP contribution is -2.27. The molecule has 1 aliphatic carbocycles. The largest absolute Gasteiger partial charge is 0.508 e. The van der Waals surface area contributed by atoms with Gasteiger partial charge >= 0.3 is 0 Å². The summed E-state index contributed by atoms with van der Waals surface area (Å²) in [6.07, 6.45) is 8.67. The molecule has 2 heteroatoms. The SMILES string of the molecule is Cc1c(O)ccc2c1C1C=CC=CC1CN2. The lowest BCUT2D eigenvalue weighted by molar-refractivity contribution is 0.467. The van der Waals surface area contributed by atoms with Gasteiger partial charge in [-0.2, -0.15) is 0 Å². The van der Waals surface area contributed by atoms with Gasteiger partial charge in [-0.05, 0) is 30.2 Å².